The zero-order chi connectivity index (χ0) is 12.8. The minimum Gasteiger partial charge on any atom is -0.321 e. The summed E-state index contributed by atoms with van der Waals surface area (Å²) in [5.74, 6) is -0.231. The molecular weight excluding hydrogens is 216 g/mol. The van der Waals surface area contributed by atoms with Crippen molar-refractivity contribution < 1.29 is 9.59 Å². The Labute approximate surface area is 104 Å². The number of nitrogens with zero attached hydrogens (tertiary/aromatic N) is 1. The molecule has 1 N–H and O–H groups in total. The van der Waals surface area contributed by atoms with E-state index in [-0.39, 0.29) is 23.9 Å². The van der Waals surface area contributed by atoms with Crippen LogP contribution in [0.15, 0.2) is 0 Å². The third-order valence-corrected chi connectivity index (χ3v) is 3.36. The molecule has 1 fully saturated rings. The van der Waals surface area contributed by atoms with Gasteiger partial charge in [0.05, 0.1) is 5.92 Å². The van der Waals surface area contributed by atoms with Gasteiger partial charge in [0.25, 0.3) is 0 Å². The van der Waals surface area contributed by atoms with Crippen molar-refractivity contribution in [3.05, 3.63) is 0 Å². The highest BCUT2D eigenvalue weighted by Crippen LogP contribution is 2.19. The molecule has 1 heterocycles. The van der Waals surface area contributed by atoms with E-state index < -0.39 is 0 Å². The summed E-state index contributed by atoms with van der Waals surface area (Å²) in [6, 6.07) is 0.0816. The highest BCUT2D eigenvalue weighted by atomic mass is 16.2. The summed E-state index contributed by atoms with van der Waals surface area (Å²) in [5, 5.41) is 2.44. The van der Waals surface area contributed by atoms with Gasteiger partial charge in [-0.25, -0.2) is 4.79 Å². The molecule has 1 aliphatic rings. The third kappa shape index (κ3) is 3.72. The first kappa shape index (κ1) is 14.0. The van der Waals surface area contributed by atoms with Crippen LogP contribution in [0, 0.1) is 5.92 Å². The van der Waals surface area contributed by atoms with Crippen molar-refractivity contribution in [1.82, 2.24) is 10.2 Å². The molecule has 0 spiro atoms. The van der Waals surface area contributed by atoms with Crippen molar-refractivity contribution in [1.29, 1.82) is 0 Å². The van der Waals surface area contributed by atoms with Crippen LogP contribution in [0.5, 0.6) is 0 Å². The van der Waals surface area contributed by atoms with Crippen molar-refractivity contribution in [2.45, 2.75) is 58.9 Å². The average molecular weight is 240 g/mol. The van der Waals surface area contributed by atoms with Gasteiger partial charge in [0.1, 0.15) is 0 Å². The summed E-state index contributed by atoms with van der Waals surface area (Å²) in [6.45, 7) is 6.73. The van der Waals surface area contributed by atoms with E-state index in [9.17, 15) is 9.59 Å². The lowest BCUT2D eigenvalue weighted by Gasteiger charge is -2.36. The van der Waals surface area contributed by atoms with Gasteiger partial charge in [-0.3, -0.25) is 10.1 Å². The number of urea groups is 1. The van der Waals surface area contributed by atoms with Gasteiger partial charge < -0.3 is 4.90 Å². The molecule has 3 amide bonds. The molecule has 1 saturated heterocycles. The van der Waals surface area contributed by atoms with E-state index in [0.29, 0.717) is 6.54 Å². The van der Waals surface area contributed by atoms with Crippen LogP contribution in [0.1, 0.15) is 52.9 Å². The van der Waals surface area contributed by atoms with Crippen molar-refractivity contribution in [3.8, 4) is 0 Å². The highest BCUT2D eigenvalue weighted by Gasteiger charge is 2.32. The summed E-state index contributed by atoms with van der Waals surface area (Å²) < 4.78 is 0. The molecule has 1 aliphatic heterocycles. The number of carbonyl (C=O) groups is 2. The van der Waals surface area contributed by atoms with Gasteiger partial charge in [-0.15, -0.1) is 0 Å². The lowest BCUT2D eigenvalue weighted by atomic mass is 10.0. The molecule has 98 valence electrons. The molecule has 0 saturated carbocycles. The zero-order valence-electron chi connectivity index (χ0n) is 11.2. The zero-order valence-corrected chi connectivity index (χ0v) is 11.2. The fourth-order valence-electron chi connectivity index (χ4n) is 2.31. The number of carbonyl (C=O) groups excluding carboxylic acids is 2. The molecule has 0 radical (unpaired) electrons. The van der Waals surface area contributed by atoms with Gasteiger partial charge in [0.15, 0.2) is 0 Å². The Hall–Kier alpha value is -1.06. The Morgan fingerprint density at radius 2 is 2.00 bits per heavy atom. The van der Waals surface area contributed by atoms with E-state index in [2.05, 4.69) is 19.2 Å². The topological polar surface area (TPSA) is 49.4 Å². The van der Waals surface area contributed by atoms with Crippen LogP contribution in [0.4, 0.5) is 4.79 Å². The normalized spacial score (nSPS) is 22.5. The smallest absolute Gasteiger partial charge is 0.321 e. The second-order valence-electron chi connectivity index (χ2n) is 4.93. The molecule has 4 nitrogen and oxygen atoms in total. The molecule has 4 heteroatoms. The van der Waals surface area contributed by atoms with Gasteiger partial charge in [-0.1, -0.05) is 40.0 Å². The number of imide groups is 1. The highest BCUT2D eigenvalue weighted by molar-refractivity contribution is 5.97. The molecule has 0 aromatic carbocycles. The van der Waals surface area contributed by atoms with Gasteiger partial charge >= 0.3 is 6.03 Å². The van der Waals surface area contributed by atoms with E-state index in [1.807, 2.05) is 11.8 Å². The number of hydrogen-bond acceptors (Lipinski definition) is 2. The van der Waals surface area contributed by atoms with E-state index in [4.69, 9.17) is 0 Å². The van der Waals surface area contributed by atoms with Gasteiger partial charge in [-0.2, -0.15) is 0 Å². The predicted octanol–water partition coefficient (Wildman–Crippen LogP) is 2.53. The second kappa shape index (κ2) is 6.62. The lowest BCUT2D eigenvalue weighted by molar-refractivity contribution is -0.125. The van der Waals surface area contributed by atoms with Crippen molar-refractivity contribution >= 4 is 11.9 Å². The van der Waals surface area contributed by atoms with Crippen LogP contribution in [-0.2, 0) is 4.79 Å². The minimum absolute atomic E-state index is 0.0892. The van der Waals surface area contributed by atoms with E-state index in [1.54, 1.807) is 0 Å². The van der Waals surface area contributed by atoms with Crippen LogP contribution in [0.3, 0.4) is 0 Å². The first-order valence-electron chi connectivity index (χ1n) is 6.71. The van der Waals surface area contributed by atoms with Crippen molar-refractivity contribution in [2.75, 3.05) is 6.54 Å². The van der Waals surface area contributed by atoms with Crippen LogP contribution in [0.2, 0.25) is 0 Å². The van der Waals surface area contributed by atoms with Crippen molar-refractivity contribution in [3.63, 3.8) is 0 Å². The molecule has 0 aliphatic carbocycles. The summed E-state index contributed by atoms with van der Waals surface area (Å²) in [4.78, 5) is 25.1. The van der Waals surface area contributed by atoms with Crippen LogP contribution in [-0.4, -0.2) is 29.4 Å². The average Bonchev–Trinajstić information content (AvgIpc) is 2.29. The number of nitrogens with one attached hydrogen (secondary N) is 1. The SMILES string of the molecule is CCCCC(CCC)N1CC(C)C(=O)NC1=O. The molecule has 2 atom stereocenters. The van der Waals surface area contributed by atoms with Gasteiger partial charge in [0, 0.05) is 12.6 Å². The Bertz CT molecular complexity index is 279. The van der Waals surface area contributed by atoms with Crippen LogP contribution in [0.25, 0.3) is 0 Å². The quantitative estimate of drug-likeness (QED) is 0.775. The van der Waals surface area contributed by atoms with E-state index in [0.717, 1.165) is 32.1 Å². The Balaban J connectivity index is 2.64. The molecule has 1 rings (SSSR count). The number of amides is 3. The Morgan fingerprint density at radius 1 is 1.29 bits per heavy atom. The second-order valence-corrected chi connectivity index (χ2v) is 4.93. The molecule has 0 aromatic rings. The fourth-order valence-corrected chi connectivity index (χ4v) is 2.31. The number of unbranched alkanes of at least 4 members (excludes halogenated alkanes) is 1. The molecular formula is C13H24N2O2. The van der Waals surface area contributed by atoms with Gasteiger partial charge in [-0.05, 0) is 12.8 Å². The fraction of sp³-hybridized carbons (Fsp3) is 0.846. The Kier molecular flexibility index (Phi) is 5.45. The van der Waals surface area contributed by atoms with E-state index >= 15 is 0 Å². The molecule has 17 heavy (non-hydrogen) atoms. The van der Waals surface area contributed by atoms with Crippen LogP contribution < -0.4 is 5.32 Å². The molecule has 0 aromatic heterocycles. The van der Waals surface area contributed by atoms with E-state index in [1.165, 1.54) is 0 Å². The predicted molar refractivity (Wildman–Crippen MR) is 67.6 cm³/mol. The first-order valence-corrected chi connectivity index (χ1v) is 6.71. The standard InChI is InChI=1S/C13H24N2O2/c1-4-6-8-11(7-5-2)15-9-10(3)12(16)14-13(15)17/h10-11H,4-9H2,1-3H3,(H,14,16,17). The largest absolute Gasteiger partial charge is 0.324 e. The minimum atomic E-state index is -0.206. The van der Waals surface area contributed by atoms with Crippen molar-refractivity contribution in [2.24, 2.45) is 5.92 Å². The Morgan fingerprint density at radius 3 is 2.59 bits per heavy atom. The summed E-state index contributed by atoms with van der Waals surface area (Å²) in [6.07, 6.45) is 5.41. The summed E-state index contributed by atoms with van der Waals surface area (Å²) >= 11 is 0. The summed E-state index contributed by atoms with van der Waals surface area (Å²) in [7, 11) is 0. The molecule has 0 bridgehead atoms. The lowest BCUT2D eigenvalue weighted by Crippen LogP contribution is -2.57. The molecule has 2 unspecified atom stereocenters. The monoisotopic (exact) mass is 240 g/mol. The van der Waals surface area contributed by atoms with Crippen LogP contribution >= 0.6 is 0 Å². The number of hydrogen-bond donors (Lipinski definition) is 1. The summed E-state index contributed by atoms with van der Waals surface area (Å²) in [5.41, 5.74) is 0. The number of rotatable bonds is 6. The maximum Gasteiger partial charge on any atom is 0.324 e. The third-order valence-electron chi connectivity index (χ3n) is 3.36. The van der Waals surface area contributed by atoms with Gasteiger partial charge in [0.2, 0.25) is 5.91 Å². The first-order chi connectivity index (χ1) is 8.10. The maximum absolute atomic E-state index is 11.8. The maximum atomic E-state index is 11.8.